The number of imidazole rings is 1. The quantitative estimate of drug-likeness (QED) is 0.0499. The number of carbonyl (C=O) groups excluding carboxylic acids is 2. The first-order chi connectivity index (χ1) is 30.4. The summed E-state index contributed by atoms with van der Waals surface area (Å²) in [4.78, 5) is 39.0. The monoisotopic (exact) mass is 899 g/mol. The minimum Gasteiger partial charge on any atom is -0.460 e. The Labute approximate surface area is 363 Å². The van der Waals surface area contributed by atoms with Crippen molar-refractivity contribution in [3.05, 3.63) is 145 Å². The highest BCUT2D eigenvalue weighted by atomic mass is 31.2. The van der Waals surface area contributed by atoms with E-state index in [0.717, 1.165) is 11.1 Å². The van der Waals surface area contributed by atoms with Crippen molar-refractivity contribution in [1.82, 2.24) is 29.7 Å². The van der Waals surface area contributed by atoms with Gasteiger partial charge in [0, 0.05) is 6.42 Å². The number of rotatable bonds is 21. The van der Waals surface area contributed by atoms with Gasteiger partial charge in [-0.15, -0.1) is 0 Å². The molecule has 18 nitrogen and oxygen atoms in total. The summed E-state index contributed by atoms with van der Waals surface area (Å²) in [5, 5.41) is 5.45. The van der Waals surface area contributed by atoms with Crippen LogP contribution in [-0.2, 0) is 61.7 Å². The SMILES string of the molecule is C[C@H](NP(=O)(OC[C@@H]1C[C@H](OP(=O)(N[C@@H](C)C(=O)OCc2ccccc2)Oc2ccccc2)[C@H](Cn2cnc3c(N)ncnc32)O1)Oc1ccccc1)C(=O)OCc1ccccc1. The van der Waals surface area contributed by atoms with Crippen molar-refractivity contribution in [2.45, 2.75) is 70.4 Å². The fourth-order valence-corrected chi connectivity index (χ4v) is 9.70. The zero-order chi connectivity index (χ0) is 44.2. The number of ether oxygens (including phenoxy) is 3. The van der Waals surface area contributed by atoms with Crippen molar-refractivity contribution in [3.63, 3.8) is 0 Å². The lowest BCUT2D eigenvalue weighted by Crippen LogP contribution is -2.37. The van der Waals surface area contributed by atoms with Gasteiger partial charge in [0.15, 0.2) is 11.5 Å². The number of esters is 2. The smallest absolute Gasteiger partial charge is 0.459 e. The number of hydrogen-bond acceptors (Lipinski definition) is 15. The maximum atomic E-state index is 14.9. The molecule has 1 saturated heterocycles. The molecule has 63 heavy (non-hydrogen) atoms. The Kier molecular flexibility index (Phi) is 15.0. The molecule has 1 fully saturated rings. The Morgan fingerprint density at radius 3 is 1.81 bits per heavy atom. The van der Waals surface area contributed by atoms with Crippen molar-refractivity contribution >= 4 is 44.4 Å². The van der Waals surface area contributed by atoms with E-state index in [2.05, 4.69) is 25.1 Å². The van der Waals surface area contributed by atoms with Crippen LogP contribution >= 0.6 is 15.5 Å². The van der Waals surface area contributed by atoms with Crippen LogP contribution in [-0.4, -0.2) is 68.5 Å². The summed E-state index contributed by atoms with van der Waals surface area (Å²) in [6.45, 7) is 2.65. The summed E-state index contributed by atoms with van der Waals surface area (Å²) in [6, 6.07) is 32.6. The van der Waals surface area contributed by atoms with Crippen LogP contribution in [0.3, 0.4) is 0 Å². The molecule has 0 aliphatic carbocycles. The molecular weight excluding hydrogens is 852 g/mol. The van der Waals surface area contributed by atoms with Crippen molar-refractivity contribution in [2.75, 3.05) is 12.3 Å². The Bertz CT molecular complexity index is 2520. The Morgan fingerprint density at radius 1 is 0.746 bits per heavy atom. The van der Waals surface area contributed by atoms with Crippen LogP contribution in [0.25, 0.3) is 11.2 Å². The molecule has 1 aliphatic heterocycles. The third-order valence-corrected chi connectivity index (χ3v) is 12.9. The van der Waals surface area contributed by atoms with Gasteiger partial charge < -0.3 is 33.6 Å². The number of nitrogens with zero attached hydrogens (tertiary/aromatic N) is 4. The molecule has 3 heterocycles. The average molecular weight is 900 g/mol. The molecule has 7 rings (SSSR count). The first-order valence-electron chi connectivity index (χ1n) is 20.0. The van der Waals surface area contributed by atoms with E-state index < -0.39 is 57.8 Å². The summed E-state index contributed by atoms with van der Waals surface area (Å²) in [5.74, 6) is -0.820. The molecule has 7 atom stereocenters. The fourth-order valence-electron chi connectivity index (χ4n) is 6.46. The standard InChI is InChI=1S/C43H47N7O11P2/c1-30(42(51)55-25-32-15-7-3-8-16-32)48-62(53,59-34-19-11-5-12-20-34)57-27-36-23-37(38(58-36)24-50-29-47-39-40(44)45-28-46-41(39)50)61-63(54,60-35-21-13-6-14-22-35)49-31(2)43(52)56-26-33-17-9-4-10-18-33/h3-22,28-31,36-38H,23-27H2,1-2H3,(H,48,53)(H,49,54)(H2,44,45,46)/t30-,31-,36-,37-,38-,62?,63?/m0/s1. The minimum absolute atomic E-state index is 0.000259. The molecule has 0 amide bonds. The number of carbonyl (C=O) groups is 2. The van der Waals surface area contributed by atoms with E-state index in [9.17, 15) is 18.7 Å². The number of aromatic nitrogens is 4. The fraction of sp³-hybridized carbons (Fsp3) is 0.279. The molecule has 2 aromatic heterocycles. The molecule has 0 radical (unpaired) electrons. The topological polar surface area (TPSA) is 227 Å². The predicted molar refractivity (Wildman–Crippen MR) is 231 cm³/mol. The maximum Gasteiger partial charge on any atom is 0.459 e. The summed E-state index contributed by atoms with van der Waals surface area (Å²) >= 11 is 0. The Balaban J connectivity index is 1.11. The highest BCUT2D eigenvalue weighted by molar-refractivity contribution is 7.52. The first-order valence-corrected chi connectivity index (χ1v) is 23.1. The molecule has 20 heteroatoms. The van der Waals surface area contributed by atoms with Gasteiger partial charge in [-0.2, -0.15) is 10.2 Å². The van der Waals surface area contributed by atoms with E-state index >= 15 is 0 Å². The summed E-state index contributed by atoms with van der Waals surface area (Å²) in [7, 11) is -8.79. The molecule has 2 unspecified atom stereocenters. The van der Waals surface area contributed by atoms with E-state index in [4.69, 9.17) is 38.0 Å². The van der Waals surface area contributed by atoms with E-state index in [1.54, 1.807) is 65.2 Å². The van der Waals surface area contributed by atoms with Crippen molar-refractivity contribution < 1.29 is 51.0 Å². The van der Waals surface area contributed by atoms with Crippen LogP contribution in [0.15, 0.2) is 134 Å². The second-order valence-electron chi connectivity index (χ2n) is 14.5. The third kappa shape index (κ3) is 12.6. The van der Waals surface area contributed by atoms with E-state index in [0.29, 0.717) is 11.2 Å². The lowest BCUT2D eigenvalue weighted by Gasteiger charge is -2.27. The van der Waals surface area contributed by atoms with Crippen LogP contribution < -0.4 is 25.0 Å². The van der Waals surface area contributed by atoms with E-state index in [1.165, 1.54) is 26.5 Å². The third-order valence-electron chi connectivity index (χ3n) is 9.58. The van der Waals surface area contributed by atoms with Gasteiger partial charge in [-0.3, -0.25) is 18.6 Å². The Hall–Kier alpha value is -5.97. The highest BCUT2D eigenvalue weighted by Gasteiger charge is 2.45. The number of hydrogen-bond donors (Lipinski definition) is 3. The molecular formula is C43H47N7O11P2. The molecule has 0 spiro atoms. The van der Waals surface area contributed by atoms with Crippen molar-refractivity contribution in [3.8, 4) is 11.5 Å². The van der Waals surface area contributed by atoms with Gasteiger partial charge in [0.25, 0.3) is 0 Å². The zero-order valence-electron chi connectivity index (χ0n) is 34.4. The highest BCUT2D eigenvalue weighted by Crippen LogP contribution is 2.50. The van der Waals surface area contributed by atoms with Crippen LogP contribution in [0.5, 0.6) is 11.5 Å². The Morgan fingerprint density at radius 2 is 1.25 bits per heavy atom. The van der Waals surface area contributed by atoms with Gasteiger partial charge in [-0.1, -0.05) is 97.1 Å². The zero-order valence-corrected chi connectivity index (χ0v) is 36.2. The molecule has 0 saturated carbocycles. The second kappa shape index (κ2) is 20.9. The number of anilines is 1. The summed E-state index contributed by atoms with van der Waals surface area (Å²) < 4.78 is 72.7. The molecule has 330 valence electrons. The van der Waals surface area contributed by atoms with Crippen LogP contribution in [0.4, 0.5) is 5.82 Å². The second-order valence-corrected chi connectivity index (χ2v) is 17.8. The van der Waals surface area contributed by atoms with Crippen molar-refractivity contribution in [1.29, 1.82) is 0 Å². The van der Waals surface area contributed by atoms with Crippen LogP contribution in [0.1, 0.15) is 31.4 Å². The molecule has 4 aromatic carbocycles. The summed E-state index contributed by atoms with van der Waals surface area (Å²) in [6.07, 6.45) is 0.0618. The number of para-hydroxylation sites is 2. The molecule has 0 bridgehead atoms. The van der Waals surface area contributed by atoms with Crippen LogP contribution in [0.2, 0.25) is 0 Å². The van der Waals surface area contributed by atoms with Gasteiger partial charge in [0.2, 0.25) is 0 Å². The largest absolute Gasteiger partial charge is 0.460 e. The number of nitrogens with one attached hydrogen (secondary N) is 2. The lowest BCUT2D eigenvalue weighted by molar-refractivity contribution is -0.147. The maximum absolute atomic E-state index is 14.9. The summed E-state index contributed by atoms with van der Waals surface area (Å²) in [5.41, 5.74) is 8.37. The molecule has 6 aromatic rings. The normalized spacial score (nSPS) is 19.0. The van der Waals surface area contributed by atoms with Gasteiger partial charge in [-0.25, -0.2) is 24.1 Å². The average Bonchev–Trinajstić information content (AvgIpc) is 3.88. The molecule has 1 aliphatic rings. The van der Waals surface area contributed by atoms with Crippen LogP contribution in [0, 0.1) is 0 Å². The predicted octanol–water partition coefficient (Wildman–Crippen LogP) is 6.79. The van der Waals surface area contributed by atoms with E-state index in [1.807, 2.05) is 60.7 Å². The van der Waals surface area contributed by atoms with Gasteiger partial charge in [0.05, 0.1) is 31.7 Å². The van der Waals surface area contributed by atoms with Crippen molar-refractivity contribution in [2.24, 2.45) is 0 Å². The van der Waals surface area contributed by atoms with Gasteiger partial charge in [-0.05, 0) is 49.2 Å². The van der Waals surface area contributed by atoms with Gasteiger partial charge >= 0.3 is 27.4 Å². The van der Waals surface area contributed by atoms with E-state index in [-0.39, 0.29) is 50.1 Å². The molecule has 4 N–H and O–H groups in total. The van der Waals surface area contributed by atoms with Gasteiger partial charge in [0.1, 0.15) is 54.7 Å². The number of fused-ring (bicyclic) bond motifs is 1. The first kappa shape index (κ1) is 45.1. The minimum atomic E-state index is -4.45. The number of benzene rings is 4. The number of nitrogen functional groups attached to an aromatic ring is 1. The number of nitrogens with two attached hydrogens (primary N) is 1. The lowest BCUT2D eigenvalue weighted by atomic mass is 10.1.